The Bertz CT molecular complexity index is 1650. The first-order chi connectivity index (χ1) is 21.1. The number of benzene rings is 1. The Kier molecular flexibility index (Phi) is 8.21. The number of halogens is 2. The molecule has 4 atom stereocenters. The van der Waals surface area contributed by atoms with E-state index in [1.165, 1.54) is 12.1 Å². The molecule has 11 heteroatoms. The molecule has 2 aliphatic rings. The molecule has 1 aromatic carbocycles. The maximum atomic E-state index is 15.5. The summed E-state index contributed by atoms with van der Waals surface area (Å²) in [6, 6.07) is 7.51. The van der Waals surface area contributed by atoms with Crippen molar-refractivity contribution in [2.75, 3.05) is 20.3 Å². The van der Waals surface area contributed by atoms with Gasteiger partial charge in [-0.2, -0.15) is 5.10 Å². The van der Waals surface area contributed by atoms with Gasteiger partial charge in [0.2, 0.25) is 5.91 Å². The van der Waals surface area contributed by atoms with Crippen LogP contribution in [0.25, 0.3) is 16.8 Å². The van der Waals surface area contributed by atoms with Gasteiger partial charge in [-0.15, -0.1) is 0 Å². The van der Waals surface area contributed by atoms with Gasteiger partial charge in [-0.3, -0.25) is 9.78 Å². The molecule has 3 aromatic heterocycles. The highest BCUT2D eigenvalue weighted by atomic mass is 19.1. The Balaban J connectivity index is 1.29. The Morgan fingerprint density at radius 3 is 2.57 bits per heavy atom. The van der Waals surface area contributed by atoms with Gasteiger partial charge in [-0.25, -0.2) is 18.3 Å². The summed E-state index contributed by atoms with van der Waals surface area (Å²) in [6.07, 6.45) is 7.82. The number of carbonyl (C=O) groups excluding carboxylic acids is 1. The second kappa shape index (κ2) is 11.9. The van der Waals surface area contributed by atoms with Crippen LogP contribution < -0.4 is 5.73 Å². The summed E-state index contributed by atoms with van der Waals surface area (Å²) in [5.41, 5.74) is 8.14. The van der Waals surface area contributed by atoms with Gasteiger partial charge in [-0.05, 0) is 71.7 Å². The predicted molar refractivity (Wildman–Crippen MR) is 161 cm³/mol. The summed E-state index contributed by atoms with van der Waals surface area (Å²) >= 11 is 0. The zero-order chi connectivity index (χ0) is 31.2. The first-order valence-corrected chi connectivity index (χ1v) is 15.1. The van der Waals surface area contributed by atoms with Crippen LogP contribution in [0.4, 0.5) is 8.78 Å². The largest absolute Gasteiger partial charge is 0.385 e. The summed E-state index contributed by atoms with van der Waals surface area (Å²) in [5, 5.41) is 15.6. The van der Waals surface area contributed by atoms with Crippen LogP contribution in [0.15, 0.2) is 48.9 Å². The molecule has 6 rings (SSSR count). The molecule has 3 N–H and O–H groups in total. The van der Waals surface area contributed by atoms with Crippen LogP contribution in [-0.4, -0.2) is 67.8 Å². The predicted octanol–water partition coefficient (Wildman–Crippen LogP) is 4.35. The van der Waals surface area contributed by atoms with E-state index in [-0.39, 0.29) is 59.5 Å². The second-order valence-corrected chi connectivity index (χ2v) is 12.4. The first-order valence-electron chi connectivity index (χ1n) is 15.1. The van der Waals surface area contributed by atoms with Crippen LogP contribution in [-0.2, 0) is 21.6 Å². The quantitative estimate of drug-likeness (QED) is 0.336. The van der Waals surface area contributed by atoms with Gasteiger partial charge < -0.3 is 20.5 Å². The molecule has 0 radical (unpaired) electrons. The molecule has 44 heavy (non-hydrogen) atoms. The maximum Gasteiger partial charge on any atom is 0.219 e. The standard InChI is InChI=1S/C33H38F2N6O3/c1-19-12-21(13-28(36)32(19)40(3)20(2)42)25-6-9-37-17-22(25)14-30-38-18-24-4-5-29(39-41(24)30)31-26(34)15-23(16-27(31)35)33(43)7-10-44-11-8-33/h4-6,9,15-19,21,28,32,43H,7-8,10-14,36H2,1-3H3/t19-,21+,28+,32-/m0/s1. The number of carbonyl (C=O) groups is 1. The number of rotatable bonds is 6. The summed E-state index contributed by atoms with van der Waals surface area (Å²) in [7, 11) is 1.81. The topological polar surface area (TPSA) is 119 Å². The zero-order valence-corrected chi connectivity index (χ0v) is 25.2. The molecule has 4 aromatic rings. The lowest BCUT2D eigenvalue weighted by atomic mass is 9.72. The third-order valence-corrected chi connectivity index (χ3v) is 9.52. The minimum absolute atomic E-state index is 0.00532. The van der Waals surface area contributed by atoms with Crippen molar-refractivity contribution in [1.82, 2.24) is 24.5 Å². The van der Waals surface area contributed by atoms with E-state index < -0.39 is 17.2 Å². The van der Waals surface area contributed by atoms with Gasteiger partial charge >= 0.3 is 0 Å². The normalized spacial score (nSPS) is 23.5. The fraction of sp³-hybridized carbons (Fsp3) is 0.455. The molecule has 1 aliphatic heterocycles. The van der Waals surface area contributed by atoms with Crippen molar-refractivity contribution >= 4 is 11.4 Å². The van der Waals surface area contributed by atoms with Crippen LogP contribution in [0.2, 0.25) is 0 Å². The molecule has 0 spiro atoms. The fourth-order valence-electron chi connectivity index (χ4n) is 7.13. The van der Waals surface area contributed by atoms with E-state index in [1.54, 1.807) is 40.9 Å². The van der Waals surface area contributed by atoms with E-state index in [9.17, 15) is 9.90 Å². The zero-order valence-electron chi connectivity index (χ0n) is 25.2. The highest BCUT2D eigenvalue weighted by molar-refractivity contribution is 5.73. The lowest BCUT2D eigenvalue weighted by Crippen LogP contribution is -2.54. The van der Waals surface area contributed by atoms with Crippen molar-refractivity contribution in [2.24, 2.45) is 11.7 Å². The SMILES string of the molecule is CC(=O)N(C)[C@@H]1[C@H](N)C[C@H](c2ccncc2Cc2ncc3ccc(-c4c(F)cc(C5(O)CCOCC5)cc4F)nn23)C[C@@H]1C. The monoisotopic (exact) mass is 604 g/mol. The third-order valence-electron chi connectivity index (χ3n) is 9.52. The highest BCUT2D eigenvalue weighted by Gasteiger charge is 2.38. The Labute approximate surface area is 255 Å². The minimum atomic E-state index is -1.33. The van der Waals surface area contributed by atoms with Crippen molar-refractivity contribution in [1.29, 1.82) is 0 Å². The number of hydrogen-bond acceptors (Lipinski definition) is 7. The van der Waals surface area contributed by atoms with Gasteiger partial charge in [0.15, 0.2) is 0 Å². The number of amides is 1. The number of ether oxygens (including phenoxy) is 1. The molecule has 0 unspecified atom stereocenters. The molecule has 1 saturated carbocycles. The molecule has 2 fully saturated rings. The van der Waals surface area contributed by atoms with Crippen LogP contribution in [0, 0.1) is 17.6 Å². The summed E-state index contributed by atoms with van der Waals surface area (Å²) in [6.45, 7) is 4.35. The lowest BCUT2D eigenvalue weighted by Gasteiger charge is -2.43. The van der Waals surface area contributed by atoms with Crippen LogP contribution in [0.5, 0.6) is 0 Å². The van der Waals surface area contributed by atoms with Crippen LogP contribution in [0.1, 0.15) is 68.0 Å². The molecule has 9 nitrogen and oxygen atoms in total. The van der Waals surface area contributed by atoms with Crippen molar-refractivity contribution in [2.45, 2.75) is 69.6 Å². The van der Waals surface area contributed by atoms with Crippen molar-refractivity contribution in [3.63, 3.8) is 0 Å². The van der Waals surface area contributed by atoms with Gasteiger partial charge in [-0.1, -0.05) is 6.92 Å². The highest BCUT2D eigenvalue weighted by Crippen LogP contribution is 2.39. The molecular weight excluding hydrogens is 566 g/mol. The minimum Gasteiger partial charge on any atom is -0.385 e. The average Bonchev–Trinajstić information content (AvgIpc) is 3.38. The van der Waals surface area contributed by atoms with E-state index in [1.807, 2.05) is 19.3 Å². The van der Waals surface area contributed by atoms with E-state index in [4.69, 9.17) is 10.5 Å². The van der Waals surface area contributed by atoms with Crippen LogP contribution in [0.3, 0.4) is 0 Å². The lowest BCUT2D eigenvalue weighted by molar-refractivity contribution is -0.131. The van der Waals surface area contributed by atoms with E-state index >= 15 is 8.78 Å². The molecule has 1 aliphatic carbocycles. The Hall–Kier alpha value is -3.80. The molecular formula is C33H38F2N6O3. The fourth-order valence-corrected chi connectivity index (χ4v) is 7.13. The molecule has 1 saturated heterocycles. The number of aliphatic hydroxyl groups is 1. The number of hydrogen-bond donors (Lipinski definition) is 2. The van der Waals surface area contributed by atoms with Gasteiger partial charge in [0, 0.05) is 70.9 Å². The van der Waals surface area contributed by atoms with E-state index in [0.717, 1.165) is 24.0 Å². The molecule has 4 heterocycles. The smallest absolute Gasteiger partial charge is 0.219 e. The van der Waals surface area contributed by atoms with Gasteiger partial charge in [0.05, 0.1) is 28.6 Å². The summed E-state index contributed by atoms with van der Waals surface area (Å²) in [4.78, 5) is 22.8. The Morgan fingerprint density at radius 1 is 1.16 bits per heavy atom. The maximum absolute atomic E-state index is 15.5. The Morgan fingerprint density at radius 2 is 1.89 bits per heavy atom. The molecule has 1 amide bonds. The third kappa shape index (κ3) is 5.60. The number of likely N-dealkylation sites (N-methyl/N-ethyl adjacent to an activating group) is 1. The summed E-state index contributed by atoms with van der Waals surface area (Å²) < 4.78 is 37.8. The van der Waals surface area contributed by atoms with Crippen molar-refractivity contribution < 1.29 is 23.4 Å². The number of nitrogens with two attached hydrogens (primary N) is 1. The summed E-state index contributed by atoms with van der Waals surface area (Å²) in [5.74, 6) is -0.591. The number of nitrogens with zero attached hydrogens (tertiary/aromatic N) is 5. The number of fused-ring (bicyclic) bond motifs is 1. The number of imidazole rings is 1. The average molecular weight is 605 g/mol. The number of pyridine rings is 1. The first kappa shape index (κ1) is 30.2. The van der Waals surface area contributed by atoms with Gasteiger partial charge in [0.25, 0.3) is 0 Å². The molecule has 232 valence electrons. The van der Waals surface area contributed by atoms with E-state index in [2.05, 4.69) is 22.0 Å². The van der Waals surface area contributed by atoms with Gasteiger partial charge in [0.1, 0.15) is 17.5 Å². The van der Waals surface area contributed by atoms with E-state index in [0.29, 0.717) is 31.0 Å². The van der Waals surface area contributed by atoms with Crippen LogP contribution >= 0.6 is 0 Å². The number of aromatic nitrogens is 4. The van der Waals surface area contributed by atoms with Crippen molar-refractivity contribution in [3.05, 3.63) is 83.1 Å². The van der Waals surface area contributed by atoms with Crippen molar-refractivity contribution in [3.8, 4) is 11.3 Å². The second-order valence-electron chi connectivity index (χ2n) is 12.4. The molecule has 0 bridgehead atoms.